The van der Waals surface area contributed by atoms with Crippen LogP contribution in [0.3, 0.4) is 0 Å². The fourth-order valence-electron chi connectivity index (χ4n) is 2.57. The molecule has 2 amide bonds. The van der Waals surface area contributed by atoms with Gasteiger partial charge in [-0.2, -0.15) is 0 Å². The van der Waals surface area contributed by atoms with Crippen LogP contribution in [0.15, 0.2) is 72.8 Å². The first kappa shape index (κ1) is 17.4. The fraction of sp³-hybridized carbons (Fsp3) is 0.0476. The van der Waals surface area contributed by atoms with Gasteiger partial charge in [0.2, 0.25) is 0 Å². The molecule has 0 spiro atoms. The minimum absolute atomic E-state index is 0.126. The molecule has 0 aliphatic heterocycles. The van der Waals surface area contributed by atoms with Crippen molar-refractivity contribution in [1.82, 2.24) is 10.8 Å². The van der Waals surface area contributed by atoms with Gasteiger partial charge in [-0.3, -0.25) is 14.8 Å². The van der Waals surface area contributed by atoms with Crippen LogP contribution in [0.25, 0.3) is 16.8 Å². The van der Waals surface area contributed by atoms with E-state index >= 15 is 0 Å². The Morgan fingerprint density at radius 2 is 1.65 bits per heavy atom. The van der Waals surface area contributed by atoms with Crippen LogP contribution < -0.4 is 10.8 Å². The van der Waals surface area contributed by atoms with E-state index in [1.807, 2.05) is 66.7 Å². The predicted molar refractivity (Wildman–Crippen MR) is 101 cm³/mol. The van der Waals surface area contributed by atoms with Crippen molar-refractivity contribution in [2.45, 2.75) is 6.54 Å². The zero-order valence-corrected chi connectivity index (χ0v) is 14.0. The van der Waals surface area contributed by atoms with E-state index in [2.05, 4.69) is 5.32 Å². The van der Waals surface area contributed by atoms with Crippen molar-refractivity contribution < 1.29 is 14.8 Å². The lowest BCUT2D eigenvalue weighted by atomic mass is 10.1. The zero-order chi connectivity index (χ0) is 18.4. The van der Waals surface area contributed by atoms with Gasteiger partial charge in [-0.25, -0.2) is 5.48 Å². The Hall–Kier alpha value is -3.44. The van der Waals surface area contributed by atoms with Crippen LogP contribution in [0.2, 0.25) is 0 Å². The maximum Gasteiger partial charge on any atom is 0.267 e. The van der Waals surface area contributed by atoms with Gasteiger partial charge in [0.1, 0.15) is 0 Å². The Labute approximate surface area is 150 Å². The fourth-order valence-corrected chi connectivity index (χ4v) is 2.57. The molecule has 0 aliphatic carbocycles. The van der Waals surface area contributed by atoms with E-state index in [1.165, 1.54) is 11.6 Å². The molecule has 0 bridgehead atoms. The minimum Gasteiger partial charge on any atom is -0.348 e. The summed E-state index contributed by atoms with van der Waals surface area (Å²) in [6.45, 7) is 0.410. The second kappa shape index (κ2) is 8.09. The van der Waals surface area contributed by atoms with Gasteiger partial charge in [0.15, 0.2) is 0 Å². The molecule has 3 aromatic rings. The first-order valence-electron chi connectivity index (χ1n) is 8.14. The third kappa shape index (κ3) is 4.34. The third-order valence-electron chi connectivity index (χ3n) is 3.98. The van der Waals surface area contributed by atoms with Crippen molar-refractivity contribution in [3.05, 3.63) is 89.5 Å². The molecule has 3 aromatic carbocycles. The van der Waals surface area contributed by atoms with E-state index in [0.29, 0.717) is 12.1 Å². The number of fused-ring (bicyclic) bond motifs is 1. The molecule has 0 aromatic heterocycles. The Bertz CT molecular complexity index is 962. The first-order valence-corrected chi connectivity index (χ1v) is 8.14. The summed E-state index contributed by atoms with van der Waals surface area (Å²) < 4.78 is 0. The maximum absolute atomic E-state index is 12.3. The number of amides is 2. The van der Waals surface area contributed by atoms with Crippen molar-refractivity contribution in [2.24, 2.45) is 0 Å². The second-order valence-electron chi connectivity index (χ2n) is 5.80. The Morgan fingerprint density at radius 1 is 0.923 bits per heavy atom. The quantitative estimate of drug-likeness (QED) is 0.377. The number of hydrogen-bond donors (Lipinski definition) is 3. The largest absolute Gasteiger partial charge is 0.348 e. The zero-order valence-electron chi connectivity index (χ0n) is 14.0. The van der Waals surface area contributed by atoms with Gasteiger partial charge in [0, 0.05) is 18.2 Å². The van der Waals surface area contributed by atoms with E-state index in [0.717, 1.165) is 21.9 Å². The molecule has 0 saturated carbocycles. The Morgan fingerprint density at radius 3 is 2.38 bits per heavy atom. The van der Waals surface area contributed by atoms with Gasteiger partial charge < -0.3 is 5.32 Å². The summed E-state index contributed by atoms with van der Waals surface area (Å²) in [5.74, 6) is -0.712. The van der Waals surface area contributed by atoms with Crippen LogP contribution in [0.5, 0.6) is 0 Å². The van der Waals surface area contributed by atoms with Gasteiger partial charge in [-0.15, -0.1) is 0 Å². The summed E-state index contributed by atoms with van der Waals surface area (Å²) in [7, 11) is 0. The van der Waals surface area contributed by atoms with Gasteiger partial charge in [0.05, 0.1) is 0 Å². The molecule has 0 atom stereocenters. The molecule has 3 N–H and O–H groups in total. The van der Waals surface area contributed by atoms with Crippen molar-refractivity contribution in [2.75, 3.05) is 0 Å². The van der Waals surface area contributed by atoms with E-state index in [1.54, 1.807) is 6.08 Å². The maximum atomic E-state index is 12.3. The number of nitrogens with one attached hydrogen (secondary N) is 2. The minimum atomic E-state index is -0.586. The lowest BCUT2D eigenvalue weighted by Crippen LogP contribution is -2.22. The van der Waals surface area contributed by atoms with Crippen LogP contribution in [0, 0.1) is 0 Å². The highest BCUT2D eigenvalue weighted by Crippen LogP contribution is 2.15. The molecule has 0 radical (unpaired) electrons. The molecule has 0 aliphatic rings. The molecular formula is C21H18N2O3. The van der Waals surface area contributed by atoms with Crippen molar-refractivity contribution >= 4 is 28.7 Å². The molecule has 130 valence electrons. The standard InChI is InChI=1S/C21H18N2O3/c24-20(23-26)12-9-15-5-7-16(8-6-15)14-22-21(25)19-11-10-17-3-1-2-4-18(17)13-19/h1-13,26H,14H2,(H,22,25)(H,23,24)/b12-9+. The number of benzene rings is 3. The highest BCUT2D eigenvalue weighted by Gasteiger charge is 2.06. The summed E-state index contributed by atoms with van der Waals surface area (Å²) in [4.78, 5) is 23.3. The molecule has 0 unspecified atom stereocenters. The predicted octanol–water partition coefficient (Wildman–Crippen LogP) is 3.29. The molecule has 0 heterocycles. The van der Waals surface area contributed by atoms with Crippen molar-refractivity contribution in [3.63, 3.8) is 0 Å². The summed E-state index contributed by atoms with van der Waals surface area (Å²) in [6.07, 6.45) is 2.82. The number of rotatable bonds is 5. The lowest BCUT2D eigenvalue weighted by molar-refractivity contribution is -0.124. The van der Waals surface area contributed by atoms with Crippen LogP contribution in [0.4, 0.5) is 0 Å². The van der Waals surface area contributed by atoms with Crippen LogP contribution in [-0.4, -0.2) is 17.0 Å². The van der Waals surface area contributed by atoms with Gasteiger partial charge in [-0.1, -0.05) is 54.6 Å². The lowest BCUT2D eigenvalue weighted by Gasteiger charge is -2.07. The smallest absolute Gasteiger partial charge is 0.267 e. The van der Waals surface area contributed by atoms with Crippen LogP contribution in [0.1, 0.15) is 21.5 Å². The average Bonchev–Trinajstić information content (AvgIpc) is 2.70. The topological polar surface area (TPSA) is 78.4 Å². The highest BCUT2D eigenvalue weighted by molar-refractivity contribution is 5.98. The molecular weight excluding hydrogens is 328 g/mol. The van der Waals surface area contributed by atoms with E-state index < -0.39 is 5.91 Å². The third-order valence-corrected chi connectivity index (χ3v) is 3.98. The number of hydrogen-bond acceptors (Lipinski definition) is 3. The molecule has 0 fully saturated rings. The molecule has 5 heteroatoms. The van der Waals surface area contributed by atoms with Crippen LogP contribution >= 0.6 is 0 Å². The normalized spacial score (nSPS) is 10.8. The number of carbonyl (C=O) groups is 2. The molecule has 0 saturated heterocycles. The number of carbonyl (C=O) groups excluding carboxylic acids is 2. The summed E-state index contributed by atoms with van der Waals surface area (Å²) in [6, 6.07) is 21.0. The summed E-state index contributed by atoms with van der Waals surface area (Å²) in [5, 5.41) is 13.5. The van der Waals surface area contributed by atoms with E-state index in [-0.39, 0.29) is 5.91 Å². The molecule has 5 nitrogen and oxygen atoms in total. The highest BCUT2D eigenvalue weighted by atomic mass is 16.5. The summed E-state index contributed by atoms with van der Waals surface area (Å²) >= 11 is 0. The Kier molecular flexibility index (Phi) is 5.41. The van der Waals surface area contributed by atoms with Gasteiger partial charge >= 0.3 is 0 Å². The monoisotopic (exact) mass is 346 g/mol. The van der Waals surface area contributed by atoms with Crippen molar-refractivity contribution in [3.8, 4) is 0 Å². The summed E-state index contributed by atoms with van der Waals surface area (Å²) in [5.41, 5.74) is 3.92. The van der Waals surface area contributed by atoms with E-state index in [9.17, 15) is 9.59 Å². The number of hydroxylamine groups is 1. The van der Waals surface area contributed by atoms with Crippen LogP contribution in [-0.2, 0) is 11.3 Å². The van der Waals surface area contributed by atoms with E-state index in [4.69, 9.17) is 5.21 Å². The second-order valence-corrected chi connectivity index (χ2v) is 5.80. The van der Waals surface area contributed by atoms with Gasteiger partial charge in [0.25, 0.3) is 11.8 Å². The SMILES string of the molecule is O=C(/C=C/c1ccc(CNC(=O)c2ccc3ccccc3c2)cc1)NO. The van der Waals surface area contributed by atoms with Crippen molar-refractivity contribution in [1.29, 1.82) is 0 Å². The van der Waals surface area contributed by atoms with Gasteiger partial charge in [-0.05, 0) is 40.1 Å². The molecule has 26 heavy (non-hydrogen) atoms. The molecule has 3 rings (SSSR count). The Balaban J connectivity index is 1.61. The average molecular weight is 346 g/mol. The first-order chi connectivity index (χ1) is 12.7.